The number of aromatic amines is 1. The predicted octanol–water partition coefficient (Wildman–Crippen LogP) is 1.62. The molecule has 0 saturated carbocycles. The summed E-state index contributed by atoms with van der Waals surface area (Å²) in [4.78, 5) is 4.73. The summed E-state index contributed by atoms with van der Waals surface area (Å²) in [6, 6.07) is 6.38. The summed E-state index contributed by atoms with van der Waals surface area (Å²) in [5, 5.41) is 8.89. The van der Waals surface area contributed by atoms with Crippen LogP contribution in [0.1, 0.15) is 5.56 Å². The zero-order valence-electron chi connectivity index (χ0n) is 10.4. The van der Waals surface area contributed by atoms with Crippen molar-refractivity contribution in [3.63, 3.8) is 0 Å². The third-order valence-corrected chi connectivity index (χ3v) is 3.59. The van der Waals surface area contributed by atoms with Gasteiger partial charge in [0.15, 0.2) is 5.82 Å². The van der Waals surface area contributed by atoms with Gasteiger partial charge in [-0.25, -0.2) is 0 Å². The van der Waals surface area contributed by atoms with Crippen LogP contribution in [0.5, 0.6) is 0 Å². The van der Waals surface area contributed by atoms with Crippen molar-refractivity contribution >= 4 is 16.7 Å². The lowest BCUT2D eigenvalue weighted by Crippen LogP contribution is -2.44. The molecule has 0 amide bonds. The van der Waals surface area contributed by atoms with E-state index in [0.717, 1.165) is 32.0 Å². The quantitative estimate of drug-likeness (QED) is 0.808. The second-order valence-electron chi connectivity index (χ2n) is 4.84. The van der Waals surface area contributed by atoms with E-state index in [4.69, 9.17) is 0 Å². The van der Waals surface area contributed by atoms with Crippen molar-refractivity contribution in [1.82, 2.24) is 15.1 Å². The third kappa shape index (κ3) is 1.78. The molecule has 1 saturated heterocycles. The van der Waals surface area contributed by atoms with Gasteiger partial charge in [0.2, 0.25) is 0 Å². The molecular weight excluding hydrogens is 212 g/mol. The maximum Gasteiger partial charge on any atom is 0.158 e. The van der Waals surface area contributed by atoms with Crippen molar-refractivity contribution in [3.8, 4) is 0 Å². The van der Waals surface area contributed by atoms with Crippen LogP contribution in [0.25, 0.3) is 10.9 Å². The molecular formula is C13H18N4. The fraction of sp³-hybridized carbons (Fsp3) is 0.462. The molecule has 1 aliphatic heterocycles. The summed E-state index contributed by atoms with van der Waals surface area (Å²) in [6.07, 6.45) is 0. The molecule has 1 aromatic carbocycles. The molecule has 2 aromatic rings. The first-order valence-corrected chi connectivity index (χ1v) is 6.13. The molecule has 3 rings (SSSR count). The Morgan fingerprint density at radius 3 is 2.71 bits per heavy atom. The molecule has 1 aliphatic rings. The van der Waals surface area contributed by atoms with Crippen LogP contribution < -0.4 is 4.90 Å². The summed E-state index contributed by atoms with van der Waals surface area (Å²) in [5.74, 6) is 1.11. The van der Waals surface area contributed by atoms with Gasteiger partial charge in [-0.2, -0.15) is 5.10 Å². The largest absolute Gasteiger partial charge is 0.352 e. The van der Waals surface area contributed by atoms with Gasteiger partial charge in [0.1, 0.15) is 0 Å². The van der Waals surface area contributed by atoms with E-state index < -0.39 is 0 Å². The lowest BCUT2D eigenvalue weighted by molar-refractivity contribution is 0.312. The van der Waals surface area contributed by atoms with Gasteiger partial charge in [-0.15, -0.1) is 0 Å². The maximum atomic E-state index is 4.49. The molecule has 4 heteroatoms. The van der Waals surface area contributed by atoms with E-state index in [2.05, 4.69) is 52.2 Å². The molecule has 2 heterocycles. The van der Waals surface area contributed by atoms with Gasteiger partial charge < -0.3 is 9.80 Å². The lowest BCUT2D eigenvalue weighted by atomic mass is 10.1. The molecule has 0 radical (unpaired) electrons. The Hall–Kier alpha value is -1.55. The number of aryl methyl sites for hydroxylation is 1. The highest BCUT2D eigenvalue weighted by Gasteiger charge is 2.18. The lowest BCUT2D eigenvalue weighted by Gasteiger charge is -2.32. The molecule has 0 atom stereocenters. The molecule has 4 nitrogen and oxygen atoms in total. The smallest absolute Gasteiger partial charge is 0.158 e. The van der Waals surface area contributed by atoms with Gasteiger partial charge in [0.05, 0.1) is 5.52 Å². The summed E-state index contributed by atoms with van der Waals surface area (Å²) < 4.78 is 0. The minimum Gasteiger partial charge on any atom is -0.352 e. The van der Waals surface area contributed by atoms with Crippen LogP contribution >= 0.6 is 0 Å². The number of hydrogen-bond donors (Lipinski definition) is 1. The number of piperazine rings is 1. The minimum absolute atomic E-state index is 1.06. The third-order valence-electron chi connectivity index (χ3n) is 3.59. The highest BCUT2D eigenvalue weighted by molar-refractivity contribution is 5.92. The van der Waals surface area contributed by atoms with Gasteiger partial charge in [0.25, 0.3) is 0 Å². The van der Waals surface area contributed by atoms with Crippen molar-refractivity contribution in [2.24, 2.45) is 0 Å². The molecule has 1 aromatic heterocycles. The van der Waals surface area contributed by atoms with E-state index in [1.54, 1.807) is 0 Å². The first kappa shape index (κ1) is 10.6. The molecule has 0 bridgehead atoms. The van der Waals surface area contributed by atoms with Crippen molar-refractivity contribution in [2.45, 2.75) is 6.92 Å². The van der Waals surface area contributed by atoms with Gasteiger partial charge in [-0.1, -0.05) is 12.1 Å². The number of nitrogens with zero attached hydrogens (tertiary/aromatic N) is 3. The summed E-state index contributed by atoms with van der Waals surface area (Å²) in [5.41, 5.74) is 2.43. The second-order valence-corrected chi connectivity index (χ2v) is 4.84. The molecule has 1 N–H and O–H groups in total. The Labute approximate surface area is 101 Å². The van der Waals surface area contributed by atoms with Gasteiger partial charge in [0, 0.05) is 31.6 Å². The van der Waals surface area contributed by atoms with E-state index in [1.165, 1.54) is 16.5 Å². The van der Waals surface area contributed by atoms with E-state index in [0.29, 0.717) is 0 Å². The van der Waals surface area contributed by atoms with E-state index in [-0.39, 0.29) is 0 Å². The number of rotatable bonds is 1. The van der Waals surface area contributed by atoms with Crippen LogP contribution in [-0.4, -0.2) is 48.3 Å². The highest BCUT2D eigenvalue weighted by Crippen LogP contribution is 2.26. The van der Waals surface area contributed by atoms with Crippen LogP contribution in [0.3, 0.4) is 0 Å². The number of hydrogen-bond acceptors (Lipinski definition) is 3. The number of nitrogens with one attached hydrogen (secondary N) is 1. The number of anilines is 1. The molecule has 90 valence electrons. The predicted molar refractivity (Wildman–Crippen MR) is 70.5 cm³/mol. The molecule has 17 heavy (non-hydrogen) atoms. The first-order chi connectivity index (χ1) is 8.25. The van der Waals surface area contributed by atoms with Crippen LogP contribution in [0, 0.1) is 6.92 Å². The average molecular weight is 230 g/mol. The summed E-state index contributed by atoms with van der Waals surface area (Å²) >= 11 is 0. The number of para-hydroxylation sites is 1. The fourth-order valence-corrected chi connectivity index (χ4v) is 2.43. The molecule has 0 unspecified atom stereocenters. The molecule has 0 spiro atoms. The van der Waals surface area contributed by atoms with Crippen LogP contribution in [0.15, 0.2) is 18.2 Å². The second kappa shape index (κ2) is 4.04. The average Bonchev–Trinajstić information content (AvgIpc) is 2.75. The Morgan fingerprint density at radius 2 is 1.94 bits per heavy atom. The zero-order chi connectivity index (χ0) is 11.8. The Morgan fingerprint density at radius 1 is 1.18 bits per heavy atom. The Kier molecular flexibility index (Phi) is 2.52. The van der Waals surface area contributed by atoms with E-state index >= 15 is 0 Å². The standard InChI is InChI=1S/C13H18N4/c1-10-4-3-5-11-12(10)14-15-13(11)17-8-6-16(2)7-9-17/h3-5H,6-9H2,1-2H3,(H,14,15). The number of aromatic nitrogens is 2. The highest BCUT2D eigenvalue weighted by atomic mass is 15.3. The number of likely N-dealkylation sites (N-methyl/N-ethyl adjacent to an activating group) is 1. The summed E-state index contributed by atoms with van der Waals surface area (Å²) in [6.45, 7) is 6.46. The van der Waals surface area contributed by atoms with Crippen LogP contribution in [-0.2, 0) is 0 Å². The van der Waals surface area contributed by atoms with Gasteiger partial charge in [-0.3, -0.25) is 5.10 Å². The van der Waals surface area contributed by atoms with Crippen molar-refractivity contribution < 1.29 is 0 Å². The zero-order valence-corrected chi connectivity index (χ0v) is 10.4. The van der Waals surface area contributed by atoms with E-state index in [1.807, 2.05) is 0 Å². The van der Waals surface area contributed by atoms with Gasteiger partial charge in [-0.05, 0) is 25.6 Å². The number of H-pyrrole nitrogens is 1. The molecule has 0 aliphatic carbocycles. The van der Waals surface area contributed by atoms with Crippen molar-refractivity contribution in [1.29, 1.82) is 0 Å². The minimum atomic E-state index is 1.06. The van der Waals surface area contributed by atoms with Crippen LogP contribution in [0.2, 0.25) is 0 Å². The monoisotopic (exact) mass is 230 g/mol. The van der Waals surface area contributed by atoms with Crippen molar-refractivity contribution in [2.75, 3.05) is 38.1 Å². The fourth-order valence-electron chi connectivity index (χ4n) is 2.43. The summed E-state index contributed by atoms with van der Waals surface area (Å²) in [7, 11) is 2.17. The molecule has 1 fully saturated rings. The maximum absolute atomic E-state index is 4.49. The SMILES string of the molecule is Cc1cccc2c(N3CCN(C)CC3)n[nH]c12. The number of benzene rings is 1. The Bertz CT molecular complexity index is 523. The van der Waals surface area contributed by atoms with Crippen molar-refractivity contribution in [3.05, 3.63) is 23.8 Å². The topological polar surface area (TPSA) is 35.2 Å². The Balaban J connectivity index is 1.98. The first-order valence-electron chi connectivity index (χ1n) is 6.13. The van der Waals surface area contributed by atoms with Crippen LogP contribution in [0.4, 0.5) is 5.82 Å². The normalized spacial score (nSPS) is 17.9. The number of fused-ring (bicyclic) bond motifs is 1. The van der Waals surface area contributed by atoms with Gasteiger partial charge >= 0.3 is 0 Å². The van der Waals surface area contributed by atoms with E-state index in [9.17, 15) is 0 Å².